The second-order valence-electron chi connectivity index (χ2n) is 7.88. The van der Waals surface area contributed by atoms with Crippen LogP contribution in [0.4, 0.5) is 11.4 Å². The Balaban J connectivity index is 2.22. The van der Waals surface area contributed by atoms with Gasteiger partial charge in [0.25, 0.3) is 5.91 Å². The number of aliphatic carboxylic acids is 1. The number of ether oxygens (including phenoxy) is 1. The van der Waals surface area contributed by atoms with Crippen LogP contribution < -0.4 is 20.3 Å². The maximum atomic E-state index is 13.1. The zero-order chi connectivity index (χ0) is 24.2. The first kappa shape index (κ1) is 25.6. The molecule has 0 aliphatic heterocycles. The normalized spacial score (nSPS) is 11.5. The van der Waals surface area contributed by atoms with Gasteiger partial charge in [0, 0.05) is 31.3 Å². The molecule has 0 saturated carbocycles. The SMILES string of the molecule is CCC(=O)N(c1cccnc1)C(Nc1ccc(OCCCC(=O)O)cc1)C(=O)NCC(C)C. The number of nitrogens with zero attached hydrogens (tertiary/aromatic N) is 2. The summed E-state index contributed by atoms with van der Waals surface area (Å²) in [5, 5.41) is 14.8. The summed E-state index contributed by atoms with van der Waals surface area (Å²) in [4.78, 5) is 42.1. The minimum absolute atomic E-state index is 0.0441. The second-order valence-corrected chi connectivity index (χ2v) is 7.88. The molecule has 33 heavy (non-hydrogen) atoms. The summed E-state index contributed by atoms with van der Waals surface area (Å²) >= 11 is 0. The van der Waals surface area contributed by atoms with Crippen molar-refractivity contribution in [3.8, 4) is 5.75 Å². The Bertz CT molecular complexity index is 903. The Morgan fingerprint density at radius 3 is 2.45 bits per heavy atom. The van der Waals surface area contributed by atoms with Crippen LogP contribution in [0.15, 0.2) is 48.8 Å². The Morgan fingerprint density at radius 1 is 1.15 bits per heavy atom. The van der Waals surface area contributed by atoms with Crippen LogP contribution >= 0.6 is 0 Å². The molecule has 0 aliphatic rings. The largest absolute Gasteiger partial charge is 0.494 e. The van der Waals surface area contributed by atoms with Crippen LogP contribution in [0, 0.1) is 5.92 Å². The molecule has 0 spiro atoms. The van der Waals surface area contributed by atoms with Gasteiger partial charge in [0.1, 0.15) is 5.75 Å². The molecule has 2 rings (SSSR count). The number of hydrogen-bond donors (Lipinski definition) is 3. The van der Waals surface area contributed by atoms with Crippen LogP contribution in [-0.2, 0) is 14.4 Å². The van der Waals surface area contributed by atoms with Crippen molar-refractivity contribution in [1.29, 1.82) is 0 Å². The fourth-order valence-electron chi connectivity index (χ4n) is 2.97. The van der Waals surface area contributed by atoms with Gasteiger partial charge in [-0.05, 0) is 48.7 Å². The average molecular weight is 457 g/mol. The van der Waals surface area contributed by atoms with Crippen molar-refractivity contribution < 1.29 is 24.2 Å². The molecule has 1 aromatic heterocycles. The van der Waals surface area contributed by atoms with Crippen molar-refractivity contribution in [3.05, 3.63) is 48.8 Å². The molecule has 0 radical (unpaired) electrons. The smallest absolute Gasteiger partial charge is 0.303 e. The lowest BCUT2D eigenvalue weighted by Gasteiger charge is -2.32. The van der Waals surface area contributed by atoms with E-state index in [0.717, 1.165) is 0 Å². The first-order valence-corrected chi connectivity index (χ1v) is 11.0. The van der Waals surface area contributed by atoms with Gasteiger partial charge >= 0.3 is 5.97 Å². The van der Waals surface area contributed by atoms with E-state index in [0.29, 0.717) is 36.7 Å². The fraction of sp³-hybridized carbons (Fsp3) is 0.417. The zero-order valence-electron chi connectivity index (χ0n) is 19.3. The number of nitrogens with one attached hydrogen (secondary N) is 2. The number of rotatable bonds is 13. The van der Waals surface area contributed by atoms with E-state index in [1.165, 1.54) is 4.90 Å². The summed E-state index contributed by atoms with van der Waals surface area (Å²) in [6.07, 6.45) is 2.84. The molecule has 1 unspecified atom stereocenters. The van der Waals surface area contributed by atoms with Gasteiger partial charge in [-0.3, -0.25) is 24.3 Å². The van der Waals surface area contributed by atoms with Crippen LogP contribution in [0.3, 0.4) is 0 Å². The predicted octanol–water partition coefficient (Wildman–Crippen LogP) is 3.28. The van der Waals surface area contributed by atoms with Crippen LogP contribution in [-0.4, -0.2) is 47.2 Å². The van der Waals surface area contributed by atoms with E-state index in [1.807, 2.05) is 13.8 Å². The molecule has 0 saturated heterocycles. The molecule has 1 aromatic carbocycles. The number of hydrogen-bond acceptors (Lipinski definition) is 6. The van der Waals surface area contributed by atoms with Crippen LogP contribution in [0.1, 0.15) is 40.0 Å². The molecule has 0 bridgehead atoms. The Labute approximate surface area is 194 Å². The monoisotopic (exact) mass is 456 g/mol. The van der Waals surface area contributed by atoms with Gasteiger partial charge in [0.2, 0.25) is 5.91 Å². The van der Waals surface area contributed by atoms with Crippen LogP contribution in [0.25, 0.3) is 0 Å². The summed E-state index contributed by atoms with van der Waals surface area (Å²) in [5.74, 6) is -0.581. The zero-order valence-corrected chi connectivity index (χ0v) is 19.3. The summed E-state index contributed by atoms with van der Waals surface area (Å²) in [7, 11) is 0. The topological polar surface area (TPSA) is 121 Å². The molecule has 0 aliphatic carbocycles. The standard InChI is InChI=1S/C24H32N4O5/c1-4-21(29)28(19-7-5-13-25-16-19)23(24(32)26-15-17(2)3)27-18-9-11-20(12-10-18)33-14-6-8-22(30)31/h5,7,9-13,16-17,23,27H,4,6,8,14-15H2,1-3H3,(H,26,32)(H,30,31). The number of amides is 2. The number of carboxylic acids is 1. The highest BCUT2D eigenvalue weighted by Gasteiger charge is 2.30. The van der Waals surface area contributed by atoms with Crippen molar-refractivity contribution in [2.45, 2.75) is 46.2 Å². The summed E-state index contributed by atoms with van der Waals surface area (Å²) < 4.78 is 5.56. The van der Waals surface area contributed by atoms with E-state index in [9.17, 15) is 14.4 Å². The molecule has 1 atom stereocenters. The lowest BCUT2D eigenvalue weighted by molar-refractivity contribution is -0.137. The van der Waals surface area contributed by atoms with Gasteiger partial charge in [0.15, 0.2) is 6.17 Å². The molecule has 178 valence electrons. The third kappa shape index (κ3) is 8.44. The molecule has 2 amide bonds. The molecule has 2 aromatic rings. The molecule has 3 N–H and O–H groups in total. The number of carbonyl (C=O) groups is 3. The third-order valence-electron chi connectivity index (χ3n) is 4.65. The Kier molecular flexibility index (Phi) is 10.1. The molecule has 0 fully saturated rings. The van der Waals surface area contributed by atoms with Gasteiger partial charge in [0.05, 0.1) is 18.5 Å². The van der Waals surface area contributed by atoms with E-state index < -0.39 is 12.1 Å². The minimum atomic E-state index is -0.984. The molecular formula is C24H32N4O5. The second kappa shape index (κ2) is 13.0. The van der Waals surface area contributed by atoms with Gasteiger partial charge in [-0.2, -0.15) is 0 Å². The Morgan fingerprint density at radius 2 is 1.88 bits per heavy atom. The van der Waals surface area contributed by atoms with Crippen molar-refractivity contribution in [1.82, 2.24) is 10.3 Å². The van der Waals surface area contributed by atoms with Gasteiger partial charge in [-0.1, -0.05) is 20.8 Å². The van der Waals surface area contributed by atoms with Crippen molar-refractivity contribution in [2.75, 3.05) is 23.4 Å². The quantitative estimate of drug-likeness (QED) is 0.312. The molecular weight excluding hydrogens is 424 g/mol. The van der Waals surface area contributed by atoms with E-state index in [1.54, 1.807) is 55.7 Å². The number of aromatic nitrogens is 1. The lowest BCUT2D eigenvalue weighted by atomic mass is 10.2. The van der Waals surface area contributed by atoms with Crippen molar-refractivity contribution in [2.24, 2.45) is 5.92 Å². The van der Waals surface area contributed by atoms with E-state index in [4.69, 9.17) is 9.84 Å². The highest BCUT2D eigenvalue weighted by Crippen LogP contribution is 2.21. The maximum absolute atomic E-state index is 13.1. The first-order valence-electron chi connectivity index (χ1n) is 11.0. The van der Waals surface area contributed by atoms with E-state index in [2.05, 4.69) is 15.6 Å². The molecule has 1 heterocycles. The third-order valence-corrected chi connectivity index (χ3v) is 4.65. The average Bonchev–Trinajstić information content (AvgIpc) is 2.81. The van der Waals surface area contributed by atoms with Crippen LogP contribution in [0.5, 0.6) is 5.75 Å². The highest BCUT2D eigenvalue weighted by molar-refractivity contribution is 6.01. The van der Waals surface area contributed by atoms with Gasteiger partial charge in [-0.25, -0.2) is 0 Å². The fourth-order valence-corrected chi connectivity index (χ4v) is 2.97. The van der Waals surface area contributed by atoms with E-state index >= 15 is 0 Å². The van der Waals surface area contributed by atoms with E-state index in [-0.39, 0.29) is 30.6 Å². The number of carbonyl (C=O) groups excluding carboxylic acids is 2. The highest BCUT2D eigenvalue weighted by atomic mass is 16.5. The number of benzene rings is 1. The van der Waals surface area contributed by atoms with Gasteiger partial charge < -0.3 is 20.5 Å². The molecule has 9 nitrogen and oxygen atoms in total. The minimum Gasteiger partial charge on any atom is -0.494 e. The van der Waals surface area contributed by atoms with Crippen LogP contribution in [0.2, 0.25) is 0 Å². The van der Waals surface area contributed by atoms with Crippen molar-refractivity contribution >= 4 is 29.2 Å². The summed E-state index contributed by atoms with van der Waals surface area (Å²) in [6, 6.07) is 10.4. The first-order chi connectivity index (χ1) is 15.8. The lowest BCUT2D eigenvalue weighted by Crippen LogP contribution is -2.54. The number of anilines is 2. The predicted molar refractivity (Wildman–Crippen MR) is 126 cm³/mol. The molecule has 9 heteroatoms. The van der Waals surface area contributed by atoms with Crippen molar-refractivity contribution in [3.63, 3.8) is 0 Å². The Hall–Kier alpha value is -3.62. The number of pyridine rings is 1. The maximum Gasteiger partial charge on any atom is 0.303 e. The van der Waals surface area contributed by atoms with Gasteiger partial charge in [-0.15, -0.1) is 0 Å². The summed E-state index contributed by atoms with van der Waals surface area (Å²) in [6.45, 7) is 6.49. The summed E-state index contributed by atoms with van der Waals surface area (Å²) in [5.41, 5.74) is 1.13. The number of carboxylic acid groups (broad SMARTS) is 1.